The molecule has 0 radical (unpaired) electrons. The van der Waals surface area contributed by atoms with Gasteiger partial charge in [-0.2, -0.15) is 0 Å². The van der Waals surface area contributed by atoms with Crippen LogP contribution in [0, 0.1) is 11.8 Å². The Hall–Kier alpha value is -0.0800. The van der Waals surface area contributed by atoms with E-state index in [4.69, 9.17) is 0 Å². The molecule has 3 atom stereocenters. The number of piperidine rings is 1. The molecule has 2 aliphatic heterocycles. The van der Waals surface area contributed by atoms with Crippen molar-refractivity contribution < 1.29 is 0 Å². The standard InChI is InChI=1S/C9H16N2/c1-2-4-11(3-1)9-7-5-10-6-8(7)9/h7-10H,1-6H2/t7-,8+,9?. The third-order valence-electron chi connectivity index (χ3n) is 3.61. The summed E-state index contributed by atoms with van der Waals surface area (Å²) in [5.41, 5.74) is 0. The smallest absolute Gasteiger partial charge is 0.0183 e. The number of fused-ring (bicyclic) bond motifs is 1. The van der Waals surface area contributed by atoms with Gasteiger partial charge in [0.25, 0.3) is 0 Å². The summed E-state index contributed by atoms with van der Waals surface area (Å²) in [5.74, 6) is 2.07. The van der Waals surface area contributed by atoms with E-state index in [0.717, 1.165) is 17.9 Å². The second-order valence-corrected chi connectivity index (χ2v) is 4.22. The second kappa shape index (κ2) is 2.20. The highest BCUT2D eigenvalue weighted by Gasteiger charge is 2.55. The average molecular weight is 152 g/mol. The summed E-state index contributed by atoms with van der Waals surface area (Å²) in [6.45, 7) is 5.37. The lowest BCUT2D eigenvalue weighted by Gasteiger charge is -2.16. The number of nitrogens with one attached hydrogen (secondary N) is 1. The molecule has 3 fully saturated rings. The molecule has 3 aliphatic rings. The van der Waals surface area contributed by atoms with Crippen molar-refractivity contribution >= 4 is 0 Å². The molecule has 0 aromatic carbocycles. The van der Waals surface area contributed by atoms with E-state index in [0.29, 0.717) is 0 Å². The Labute approximate surface area is 68.0 Å². The molecular formula is C9H16N2. The van der Waals surface area contributed by atoms with Gasteiger partial charge in [-0.15, -0.1) is 0 Å². The molecule has 0 spiro atoms. The van der Waals surface area contributed by atoms with Crippen molar-refractivity contribution in [2.45, 2.75) is 18.9 Å². The van der Waals surface area contributed by atoms with Crippen LogP contribution in [0.25, 0.3) is 0 Å². The van der Waals surface area contributed by atoms with E-state index < -0.39 is 0 Å². The largest absolute Gasteiger partial charge is 0.316 e. The molecular weight excluding hydrogens is 136 g/mol. The van der Waals surface area contributed by atoms with E-state index in [1.807, 2.05) is 0 Å². The maximum Gasteiger partial charge on any atom is 0.0183 e. The minimum absolute atomic E-state index is 0.999. The van der Waals surface area contributed by atoms with Gasteiger partial charge in [0.15, 0.2) is 0 Å². The maximum atomic E-state index is 3.45. The maximum absolute atomic E-state index is 3.45. The van der Waals surface area contributed by atoms with Crippen molar-refractivity contribution in [2.75, 3.05) is 26.2 Å². The minimum Gasteiger partial charge on any atom is -0.316 e. The quantitative estimate of drug-likeness (QED) is 0.581. The molecule has 0 aromatic heterocycles. The Kier molecular flexibility index (Phi) is 1.29. The van der Waals surface area contributed by atoms with Gasteiger partial charge in [-0.1, -0.05) is 0 Å². The Bertz CT molecular complexity index is 153. The van der Waals surface area contributed by atoms with Crippen LogP contribution in [0.2, 0.25) is 0 Å². The third kappa shape index (κ3) is 0.859. The minimum atomic E-state index is 0.999. The van der Waals surface area contributed by atoms with E-state index in [1.54, 1.807) is 0 Å². The molecule has 2 nitrogen and oxygen atoms in total. The van der Waals surface area contributed by atoms with Crippen LogP contribution in [0.15, 0.2) is 0 Å². The number of rotatable bonds is 1. The summed E-state index contributed by atoms with van der Waals surface area (Å²) in [7, 11) is 0. The summed E-state index contributed by atoms with van der Waals surface area (Å²) in [4.78, 5) is 2.72. The number of hydrogen-bond acceptors (Lipinski definition) is 2. The molecule has 11 heavy (non-hydrogen) atoms. The van der Waals surface area contributed by atoms with Gasteiger partial charge in [-0.3, -0.25) is 4.90 Å². The van der Waals surface area contributed by atoms with Crippen LogP contribution in [-0.4, -0.2) is 37.1 Å². The molecule has 2 saturated heterocycles. The summed E-state index contributed by atoms with van der Waals surface area (Å²) in [6.07, 6.45) is 2.90. The van der Waals surface area contributed by atoms with Gasteiger partial charge < -0.3 is 5.32 Å². The topological polar surface area (TPSA) is 15.3 Å². The van der Waals surface area contributed by atoms with E-state index in [-0.39, 0.29) is 0 Å². The number of hydrogen-bond donors (Lipinski definition) is 1. The predicted molar refractivity (Wildman–Crippen MR) is 44.4 cm³/mol. The first-order valence-electron chi connectivity index (χ1n) is 4.91. The molecule has 1 aliphatic carbocycles. The monoisotopic (exact) mass is 152 g/mol. The second-order valence-electron chi connectivity index (χ2n) is 4.22. The first-order chi connectivity index (χ1) is 5.47. The zero-order valence-electron chi connectivity index (χ0n) is 6.92. The van der Waals surface area contributed by atoms with Gasteiger partial charge >= 0.3 is 0 Å². The lowest BCUT2D eigenvalue weighted by Crippen LogP contribution is -2.30. The van der Waals surface area contributed by atoms with Gasteiger partial charge in [0.2, 0.25) is 0 Å². The van der Waals surface area contributed by atoms with Crippen LogP contribution in [0.4, 0.5) is 0 Å². The summed E-state index contributed by atoms with van der Waals surface area (Å²) >= 11 is 0. The van der Waals surface area contributed by atoms with E-state index in [9.17, 15) is 0 Å². The van der Waals surface area contributed by atoms with E-state index in [2.05, 4.69) is 10.2 Å². The van der Waals surface area contributed by atoms with Crippen molar-refractivity contribution in [2.24, 2.45) is 11.8 Å². The molecule has 1 saturated carbocycles. The van der Waals surface area contributed by atoms with Crippen LogP contribution in [0.1, 0.15) is 12.8 Å². The SMILES string of the molecule is C1CCN(C2[C@H]3CNC[C@@H]23)C1. The molecule has 2 heteroatoms. The predicted octanol–water partition coefficient (Wildman–Crippen LogP) is 0.300. The average Bonchev–Trinajstić information content (AvgIpc) is 2.57. The van der Waals surface area contributed by atoms with Crippen LogP contribution in [-0.2, 0) is 0 Å². The molecule has 0 aromatic rings. The highest BCUT2D eigenvalue weighted by atomic mass is 15.2. The summed E-state index contributed by atoms with van der Waals surface area (Å²) < 4.78 is 0. The van der Waals surface area contributed by atoms with Gasteiger partial charge in [0.05, 0.1) is 0 Å². The van der Waals surface area contributed by atoms with E-state index >= 15 is 0 Å². The first-order valence-corrected chi connectivity index (χ1v) is 4.91. The Morgan fingerprint density at radius 1 is 1.00 bits per heavy atom. The van der Waals surface area contributed by atoms with Gasteiger partial charge in [0, 0.05) is 6.04 Å². The highest BCUT2D eigenvalue weighted by molar-refractivity contribution is 5.10. The fourth-order valence-corrected chi connectivity index (χ4v) is 2.97. The van der Waals surface area contributed by atoms with Gasteiger partial charge in [-0.25, -0.2) is 0 Å². The lowest BCUT2D eigenvalue weighted by atomic mass is 10.4. The van der Waals surface area contributed by atoms with Crippen LogP contribution in [0.5, 0.6) is 0 Å². The van der Waals surface area contributed by atoms with Gasteiger partial charge in [-0.05, 0) is 50.9 Å². The van der Waals surface area contributed by atoms with Gasteiger partial charge in [0.1, 0.15) is 0 Å². The van der Waals surface area contributed by atoms with E-state index in [1.165, 1.54) is 39.0 Å². The fraction of sp³-hybridized carbons (Fsp3) is 1.00. The van der Waals surface area contributed by atoms with Crippen molar-refractivity contribution in [3.05, 3.63) is 0 Å². The number of nitrogens with zero attached hydrogens (tertiary/aromatic N) is 1. The van der Waals surface area contributed by atoms with Crippen LogP contribution >= 0.6 is 0 Å². The first kappa shape index (κ1) is 6.44. The molecule has 0 bridgehead atoms. The van der Waals surface area contributed by atoms with Crippen molar-refractivity contribution in [3.8, 4) is 0 Å². The van der Waals surface area contributed by atoms with Crippen LogP contribution < -0.4 is 5.32 Å². The Morgan fingerprint density at radius 3 is 2.27 bits per heavy atom. The highest BCUT2D eigenvalue weighted by Crippen LogP contribution is 2.46. The fourth-order valence-electron chi connectivity index (χ4n) is 2.97. The molecule has 2 heterocycles. The Balaban J connectivity index is 1.65. The number of likely N-dealkylation sites (tertiary alicyclic amines) is 1. The van der Waals surface area contributed by atoms with Crippen LogP contribution in [0.3, 0.4) is 0 Å². The molecule has 1 N–H and O–H groups in total. The van der Waals surface area contributed by atoms with Crippen molar-refractivity contribution in [3.63, 3.8) is 0 Å². The zero-order chi connectivity index (χ0) is 7.26. The molecule has 62 valence electrons. The lowest BCUT2D eigenvalue weighted by molar-refractivity contribution is 0.292. The van der Waals surface area contributed by atoms with Crippen molar-refractivity contribution in [1.29, 1.82) is 0 Å². The summed E-state index contributed by atoms with van der Waals surface area (Å²) in [6, 6.07) is 0.999. The molecule has 3 rings (SSSR count). The third-order valence-corrected chi connectivity index (χ3v) is 3.61. The zero-order valence-corrected chi connectivity index (χ0v) is 6.92. The molecule has 0 amide bonds. The summed E-state index contributed by atoms with van der Waals surface area (Å²) in [5, 5.41) is 3.45. The molecule has 1 unspecified atom stereocenters. The Morgan fingerprint density at radius 2 is 1.64 bits per heavy atom. The van der Waals surface area contributed by atoms with Crippen molar-refractivity contribution in [1.82, 2.24) is 10.2 Å². The normalized spacial score (nSPS) is 49.6.